The van der Waals surface area contributed by atoms with E-state index in [1.54, 1.807) is 0 Å². The Morgan fingerprint density at radius 2 is 1.67 bits per heavy atom. The third kappa shape index (κ3) is 5.95. The average molecular weight is 386 g/mol. The molecular formula is C23H28ClNO2. The van der Waals surface area contributed by atoms with E-state index in [-0.39, 0.29) is 18.4 Å². The molecule has 2 aromatic rings. The first-order valence-corrected chi connectivity index (χ1v) is 9.47. The lowest BCUT2D eigenvalue weighted by molar-refractivity contribution is -0.138. The van der Waals surface area contributed by atoms with Crippen LogP contribution in [0.2, 0.25) is 0 Å². The minimum absolute atomic E-state index is 0. The largest absolute Gasteiger partial charge is 0.463 e. The molecule has 1 aliphatic heterocycles. The predicted molar refractivity (Wildman–Crippen MR) is 112 cm³/mol. The molecular weight excluding hydrogens is 358 g/mol. The van der Waals surface area contributed by atoms with Gasteiger partial charge in [-0.1, -0.05) is 66.7 Å². The fourth-order valence-electron chi connectivity index (χ4n) is 3.56. The van der Waals surface area contributed by atoms with Crippen molar-refractivity contribution in [2.24, 2.45) is 0 Å². The summed E-state index contributed by atoms with van der Waals surface area (Å²) in [6.45, 7) is 2.87. The van der Waals surface area contributed by atoms with Crippen LogP contribution in [0.4, 0.5) is 0 Å². The maximum absolute atomic E-state index is 11.8. The summed E-state index contributed by atoms with van der Waals surface area (Å²) in [4.78, 5) is 11.8. The van der Waals surface area contributed by atoms with Crippen LogP contribution in [0.15, 0.2) is 72.3 Å². The van der Waals surface area contributed by atoms with E-state index in [2.05, 4.69) is 66.0 Å². The molecule has 1 heterocycles. The van der Waals surface area contributed by atoms with Gasteiger partial charge in [-0.05, 0) is 37.3 Å². The maximum atomic E-state index is 11.8. The van der Waals surface area contributed by atoms with Crippen molar-refractivity contribution in [1.82, 2.24) is 5.32 Å². The van der Waals surface area contributed by atoms with E-state index < -0.39 is 0 Å². The Labute approximate surface area is 168 Å². The summed E-state index contributed by atoms with van der Waals surface area (Å²) in [5, 5.41) is 3.50. The summed E-state index contributed by atoms with van der Waals surface area (Å²) < 4.78 is 5.08. The van der Waals surface area contributed by atoms with Gasteiger partial charge in [-0.15, -0.1) is 12.4 Å². The van der Waals surface area contributed by atoms with Crippen LogP contribution in [-0.2, 0) is 9.53 Å². The number of carbonyl (C=O) groups is 1. The molecule has 0 aromatic heterocycles. The van der Waals surface area contributed by atoms with Crippen LogP contribution in [0.25, 0.3) is 0 Å². The molecule has 1 N–H and O–H groups in total. The van der Waals surface area contributed by atoms with E-state index in [9.17, 15) is 4.79 Å². The molecule has 0 saturated heterocycles. The Morgan fingerprint density at radius 3 is 2.15 bits per heavy atom. The van der Waals surface area contributed by atoms with Crippen molar-refractivity contribution in [3.8, 4) is 0 Å². The Morgan fingerprint density at radius 1 is 1.07 bits per heavy atom. The van der Waals surface area contributed by atoms with E-state index >= 15 is 0 Å². The first-order valence-electron chi connectivity index (χ1n) is 9.47. The zero-order chi connectivity index (χ0) is 18.2. The Bertz CT molecular complexity index is 691. The first-order chi connectivity index (χ1) is 12.8. The van der Waals surface area contributed by atoms with Crippen molar-refractivity contribution >= 4 is 18.4 Å². The molecule has 2 aromatic carbocycles. The number of benzene rings is 2. The highest BCUT2D eigenvalue weighted by Crippen LogP contribution is 2.30. The number of halogens is 1. The molecule has 0 aliphatic carbocycles. The second kappa shape index (κ2) is 10.9. The van der Waals surface area contributed by atoms with Crippen LogP contribution in [-0.4, -0.2) is 25.2 Å². The van der Waals surface area contributed by atoms with Gasteiger partial charge in [0.1, 0.15) is 0 Å². The third-order valence-corrected chi connectivity index (χ3v) is 4.98. The molecule has 0 fully saturated rings. The van der Waals surface area contributed by atoms with Crippen molar-refractivity contribution in [2.45, 2.75) is 38.1 Å². The van der Waals surface area contributed by atoms with Gasteiger partial charge in [-0.25, -0.2) is 4.79 Å². The van der Waals surface area contributed by atoms with Crippen LogP contribution >= 0.6 is 12.4 Å². The number of hydrogen-bond acceptors (Lipinski definition) is 3. The van der Waals surface area contributed by atoms with Crippen LogP contribution in [0.5, 0.6) is 0 Å². The van der Waals surface area contributed by atoms with Crippen molar-refractivity contribution < 1.29 is 9.53 Å². The summed E-state index contributed by atoms with van der Waals surface area (Å²) in [5.74, 6) is 0.208. The topological polar surface area (TPSA) is 38.3 Å². The standard InChI is InChI=1S/C23H27NO2.ClH/c1-2-26-23(25)20-13-14-21(24-17-20)15-16-22(18-9-5-3-6-10-18)19-11-7-4-8-12-19;/h3-13,21-22,24H,2,14-17H2,1H3;1H. The van der Waals surface area contributed by atoms with Crippen molar-refractivity contribution in [3.05, 3.63) is 83.4 Å². The smallest absolute Gasteiger partial charge is 0.334 e. The summed E-state index contributed by atoms with van der Waals surface area (Å²) in [6, 6.07) is 21.8. The first kappa shape index (κ1) is 21.2. The van der Waals surface area contributed by atoms with E-state index in [0.29, 0.717) is 25.1 Å². The van der Waals surface area contributed by atoms with E-state index in [4.69, 9.17) is 4.74 Å². The SMILES string of the molecule is CCOC(=O)C1=CCC(CCC(c2ccccc2)c2ccccc2)NC1.Cl. The molecule has 1 atom stereocenters. The zero-order valence-electron chi connectivity index (χ0n) is 15.8. The molecule has 1 aliphatic rings. The van der Waals surface area contributed by atoms with Gasteiger partial charge in [0.2, 0.25) is 0 Å². The monoisotopic (exact) mass is 385 g/mol. The second-order valence-electron chi connectivity index (χ2n) is 6.71. The fraction of sp³-hybridized carbons (Fsp3) is 0.348. The minimum atomic E-state index is -0.190. The van der Waals surface area contributed by atoms with Crippen molar-refractivity contribution in [2.75, 3.05) is 13.2 Å². The van der Waals surface area contributed by atoms with E-state index in [0.717, 1.165) is 24.8 Å². The number of rotatable bonds is 7. The molecule has 0 bridgehead atoms. The molecule has 3 nitrogen and oxygen atoms in total. The highest BCUT2D eigenvalue weighted by Gasteiger charge is 2.21. The summed E-state index contributed by atoms with van der Waals surface area (Å²) in [5.41, 5.74) is 3.47. The molecule has 0 spiro atoms. The summed E-state index contributed by atoms with van der Waals surface area (Å²) in [7, 11) is 0. The lowest BCUT2D eigenvalue weighted by atomic mass is 9.85. The predicted octanol–water partition coefficient (Wildman–Crippen LogP) is 4.87. The van der Waals surface area contributed by atoms with Gasteiger partial charge in [-0.3, -0.25) is 0 Å². The van der Waals surface area contributed by atoms with Crippen LogP contribution in [0, 0.1) is 0 Å². The van der Waals surface area contributed by atoms with Gasteiger partial charge >= 0.3 is 5.97 Å². The molecule has 144 valence electrons. The summed E-state index contributed by atoms with van der Waals surface area (Å²) >= 11 is 0. The number of carbonyl (C=O) groups excluding carboxylic acids is 1. The molecule has 0 radical (unpaired) electrons. The van der Waals surface area contributed by atoms with Crippen molar-refractivity contribution in [1.29, 1.82) is 0 Å². The molecule has 0 amide bonds. The molecule has 1 unspecified atom stereocenters. The average Bonchev–Trinajstić information content (AvgIpc) is 2.70. The third-order valence-electron chi connectivity index (χ3n) is 4.98. The van der Waals surface area contributed by atoms with Gasteiger partial charge in [0.15, 0.2) is 0 Å². The number of nitrogens with one attached hydrogen (secondary N) is 1. The normalized spacial score (nSPS) is 16.4. The molecule has 0 saturated carbocycles. The van der Waals surface area contributed by atoms with E-state index in [1.165, 1.54) is 11.1 Å². The second-order valence-corrected chi connectivity index (χ2v) is 6.71. The van der Waals surface area contributed by atoms with Gasteiger partial charge in [0.25, 0.3) is 0 Å². The molecule has 27 heavy (non-hydrogen) atoms. The highest BCUT2D eigenvalue weighted by atomic mass is 35.5. The van der Waals surface area contributed by atoms with Gasteiger partial charge in [0, 0.05) is 24.1 Å². The van der Waals surface area contributed by atoms with Crippen LogP contribution < -0.4 is 5.32 Å². The van der Waals surface area contributed by atoms with Gasteiger partial charge in [0.05, 0.1) is 6.61 Å². The lowest BCUT2D eigenvalue weighted by Crippen LogP contribution is -2.36. The number of esters is 1. The molecule has 3 rings (SSSR count). The maximum Gasteiger partial charge on any atom is 0.334 e. The van der Waals surface area contributed by atoms with Gasteiger partial charge < -0.3 is 10.1 Å². The molecule has 4 heteroatoms. The highest BCUT2D eigenvalue weighted by molar-refractivity contribution is 5.89. The Hall–Kier alpha value is -2.10. The zero-order valence-corrected chi connectivity index (χ0v) is 16.6. The fourth-order valence-corrected chi connectivity index (χ4v) is 3.56. The Kier molecular flexibility index (Phi) is 8.56. The quantitative estimate of drug-likeness (QED) is 0.691. The lowest BCUT2D eigenvalue weighted by Gasteiger charge is -2.25. The minimum Gasteiger partial charge on any atom is -0.463 e. The van der Waals surface area contributed by atoms with Crippen LogP contribution in [0.1, 0.15) is 43.2 Å². The van der Waals surface area contributed by atoms with Gasteiger partial charge in [-0.2, -0.15) is 0 Å². The van der Waals surface area contributed by atoms with Crippen molar-refractivity contribution in [3.63, 3.8) is 0 Å². The van der Waals surface area contributed by atoms with Crippen LogP contribution in [0.3, 0.4) is 0 Å². The summed E-state index contributed by atoms with van der Waals surface area (Å²) in [6.07, 6.45) is 5.07. The number of ether oxygens (including phenoxy) is 1. The van der Waals surface area contributed by atoms with E-state index in [1.807, 2.05) is 13.0 Å². The number of hydrogen-bond donors (Lipinski definition) is 1. The Balaban J connectivity index is 0.00000261.